The van der Waals surface area contributed by atoms with Crippen LogP contribution in [0, 0.1) is 11.6 Å². The highest BCUT2D eigenvalue weighted by Crippen LogP contribution is 2.55. The van der Waals surface area contributed by atoms with Gasteiger partial charge < -0.3 is 9.80 Å². The summed E-state index contributed by atoms with van der Waals surface area (Å²) in [6, 6.07) is 72.4. The molecule has 0 saturated carbocycles. The van der Waals surface area contributed by atoms with Crippen molar-refractivity contribution in [1.29, 1.82) is 0 Å². The largest absolute Gasteiger partial charge is 0.307 e. The fourth-order valence-corrected chi connectivity index (χ4v) is 10.4. The number of para-hydroxylation sites is 2. The van der Waals surface area contributed by atoms with E-state index < -0.39 is 0 Å². The molecule has 12 rings (SSSR count). The smallest absolute Gasteiger partial charge is 0.148 e. The Morgan fingerprint density at radius 2 is 0.868 bits per heavy atom. The fraction of sp³-hybridized carbons (Fsp3) is 0.0312. The van der Waals surface area contributed by atoms with Gasteiger partial charge >= 0.3 is 0 Å². The summed E-state index contributed by atoms with van der Waals surface area (Å²) in [5.74, 6) is -0.801. The molecule has 0 fully saturated rings. The van der Waals surface area contributed by atoms with E-state index in [-0.39, 0.29) is 17.6 Å². The van der Waals surface area contributed by atoms with Gasteiger partial charge in [-0.2, -0.15) is 0 Å². The zero-order chi connectivity index (χ0) is 45.6. The van der Waals surface area contributed by atoms with E-state index in [1.54, 1.807) is 12.1 Å². The van der Waals surface area contributed by atoms with E-state index in [9.17, 15) is 0 Å². The summed E-state index contributed by atoms with van der Waals surface area (Å²) in [6.07, 6.45) is 11.8. The Labute approximate surface area is 396 Å². The van der Waals surface area contributed by atoms with Gasteiger partial charge in [0.2, 0.25) is 0 Å². The normalized spacial score (nSPS) is 14.3. The molecule has 0 saturated heterocycles. The van der Waals surface area contributed by atoms with Gasteiger partial charge in [0.05, 0.1) is 22.8 Å². The summed E-state index contributed by atoms with van der Waals surface area (Å²) < 4.78 is 35.2. The number of rotatable bonds is 10. The zero-order valence-corrected chi connectivity index (χ0v) is 37.1. The molecule has 1 atom stereocenters. The molecule has 3 aliphatic carbocycles. The third-order valence-electron chi connectivity index (χ3n) is 13.5. The predicted molar refractivity (Wildman–Crippen MR) is 278 cm³/mol. The molecule has 0 amide bonds. The molecule has 9 aromatic carbocycles. The Bertz CT molecular complexity index is 3470. The predicted octanol–water partition coefficient (Wildman–Crippen LogP) is 17.4. The van der Waals surface area contributed by atoms with Crippen LogP contribution in [0.4, 0.5) is 37.2 Å². The van der Waals surface area contributed by atoms with Crippen molar-refractivity contribution in [2.24, 2.45) is 0 Å². The van der Waals surface area contributed by atoms with Crippen molar-refractivity contribution in [2.45, 2.75) is 12.3 Å². The summed E-state index contributed by atoms with van der Waals surface area (Å²) in [6.45, 7) is 0. The molecule has 9 aromatic rings. The van der Waals surface area contributed by atoms with E-state index in [0.717, 1.165) is 84.0 Å². The number of benzene rings is 9. The van der Waals surface area contributed by atoms with Gasteiger partial charge in [-0.3, -0.25) is 0 Å². The van der Waals surface area contributed by atoms with Crippen molar-refractivity contribution in [3.05, 3.63) is 288 Å². The van der Waals surface area contributed by atoms with E-state index in [1.807, 2.05) is 133 Å². The van der Waals surface area contributed by atoms with Crippen LogP contribution in [-0.2, 0) is 6.42 Å². The first-order valence-corrected chi connectivity index (χ1v) is 23.1. The minimum atomic E-state index is -0.323. The molecule has 4 heteroatoms. The molecule has 3 aliphatic rings. The molecule has 68 heavy (non-hydrogen) atoms. The van der Waals surface area contributed by atoms with Crippen molar-refractivity contribution in [3.63, 3.8) is 0 Å². The second kappa shape index (κ2) is 17.3. The maximum atomic E-state index is 17.6. The Morgan fingerprint density at radius 1 is 0.412 bits per heavy atom. The molecule has 1 unspecified atom stereocenters. The highest BCUT2D eigenvalue weighted by Gasteiger charge is 2.39. The number of allylic oxidation sites excluding steroid dienone is 6. The van der Waals surface area contributed by atoms with Gasteiger partial charge in [0, 0.05) is 34.0 Å². The molecular formula is C64H44F2N2. The molecule has 324 valence electrons. The molecular weight excluding hydrogens is 835 g/mol. The standard InChI is InChI=1S/C64H44F2N2/c65-57-41-49(43-19-7-1-8-20-43)39-55(45-23-11-3-12-24-45)63(57)67(51-27-15-5-16-28-51)59-37-33-47-32-36-54-60(38-34-48-31-35-53(59)61(47)62(48)54)68(52-29-17-6-18-30-52)64-56(46-25-13-4-14-26-46)40-50(42-58(64)66)44-21-9-2-10-22-44/h1-31,33-42,62H,32H2. The van der Waals surface area contributed by atoms with E-state index in [4.69, 9.17) is 0 Å². The van der Waals surface area contributed by atoms with Crippen LogP contribution in [0.25, 0.3) is 50.6 Å². The lowest BCUT2D eigenvalue weighted by molar-refractivity contribution is 0.628. The fourth-order valence-electron chi connectivity index (χ4n) is 10.4. The maximum absolute atomic E-state index is 17.6. The first-order chi connectivity index (χ1) is 33.6. The second-order valence-electron chi connectivity index (χ2n) is 17.4. The van der Waals surface area contributed by atoms with Crippen LogP contribution in [-0.4, -0.2) is 0 Å². The van der Waals surface area contributed by atoms with E-state index in [0.29, 0.717) is 17.8 Å². The molecule has 0 N–H and O–H groups in total. The summed E-state index contributed by atoms with van der Waals surface area (Å²) >= 11 is 0. The zero-order valence-electron chi connectivity index (χ0n) is 37.1. The molecule has 0 aliphatic heterocycles. The van der Waals surface area contributed by atoms with Crippen LogP contribution in [0.2, 0.25) is 0 Å². The summed E-state index contributed by atoms with van der Waals surface area (Å²) in [5.41, 5.74) is 17.0. The SMILES string of the molecule is Fc1cc(-c2ccccc2)cc(-c2ccccc2)c1N(C1=CC=C2C=Cc3c(N(c4ccccc4)c4c(F)cc(-c5ccccc5)cc4-c4ccccc4)ccc4c3C2C1=CC4)c1ccccc1. The Morgan fingerprint density at radius 3 is 1.38 bits per heavy atom. The van der Waals surface area contributed by atoms with E-state index in [2.05, 4.69) is 113 Å². The van der Waals surface area contributed by atoms with Crippen LogP contribution in [0.5, 0.6) is 0 Å². The molecule has 2 nitrogen and oxygen atoms in total. The van der Waals surface area contributed by atoms with Crippen LogP contribution < -0.4 is 9.80 Å². The number of halogens is 2. The summed E-state index contributed by atoms with van der Waals surface area (Å²) in [5, 5.41) is 0. The van der Waals surface area contributed by atoms with Gasteiger partial charge in [0.1, 0.15) is 11.6 Å². The number of hydrogen-bond acceptors (Lipinski definition) is 2. The molecule has 0 heterocycles. The van der Waals surface area contributed by atoms with Crippen LogP contribution in [0.1, 0.15) is 22.6 Å². The lowest BCUT2D eigenvalue weighted by Gasteiger charge is -2.41. The highest BCUT2D eigenvalue weighted by molar-refractivity contribution is 5.96. The Balaban J connectivity index is 1.04. The molecule has 0 radical (unpaired) electrons. The lowest BCUT2D eigenvalue weighted by atomic mass is 9.69. The van der Waals surface area contributed by atoms with Gasteiger partial charge in [-0.25, -0.2) is 8.78 Å². The van der Waals surface area contributed by atoms with Crippen LogP contribution >= 0.6 is 0 Å². The van der Waals surface area contributed by atoms with Gasteiger partial charge in [-0.05, 0) is 123 Å². The quantitative estimate of drug-likeness (QED) is 0.135. The minimum Gasteiger partial charge on any atom is -0.307 e. The second-order valence-corrected chi connectivity index (χ2v) is 17.4. The molecule has 0 aromatic heterocycles. The average molecular weight is 879 g/mol. The van der Waals surface area contributed by atoms with Gasteiger partial charge in [-0.1, -0.05) is 188 Å². The van der Waals surface area contributed by atoms with Gasteiger partial charge in [-0.15, -0.1) is 0 Å². The lowest BCUT2D eigenvalue weighted by Crippen LogP contribution is -2.28. The van der Waals surface area contributed by atoms with Crippen molar-refractivity contribution in [3.8, 4) is 44.5 Å². The van der Waals surface area contributed by atoms with Crippen molar-refractivity contribution >= 4 is 34.5 Å². The number of anilines is 5. The van der Waals surface area contributed by atoms with Gasteiger partial charge in [0.25, 0.3) is 0 Å². The van der Waals surface area contributed by atoms with Crippen molar-refractivity contribution in [2.75, 3.05) is 9.80 Å². The topological polar surface area (TPSA) is 6.48 Å². The third kappa shape index (κ3) is 7.19. The highest BCUT2D eigenvalue weighted by atomic mass is 19.1. The minimum absolute atomic E-state index is 0.159. The maximum Gasteiger partial charge on any atom is 0.148 e. The van der Waals surface area contributed by atoms with E-state index in [1.165, 1.54) is 11.1 Å². The van der Waals surface area contributed by atoms with Crippen LogP contribution in [0.3, 0.4) is 0 Å². The Kier molecular flexibility index (Phi) is 10.4. The van der Waals surface area contributed by atoms with Crippen molar-refractivity contribution < 1.29 is 8.78 Å². The van der Waals surface area contributed by atoms with Crippen molar-refractivity contribution in [1.82, 2.24) is 0 Å². The summed E-state index contributed by atoms with van der Waals surface area (Å²) in [4.78, 5) is 4.22. The van der Waals surface area contributed by atoms with Crippen LogP contribution in [0.15, 0.2) is 260 Å². The third-order valence-corrected chi connectivity index (χ3v) is 13.5. The molecule has 0 bridgehead atoms. The van der Waals surface area contributed by atoms with Gasteiger partial charge in [0.15, 0.2) is 0 Å². The first-order valence-electron chi connectivity index (χ1n) is 23.1. The average Bonchev–Trinajstić information content (AvgIpc) is 3.41. The first kappa shape index (κ1) is 40.9. The summed E-state index contributed by atoms with van der Waals surface area (Å²) in [7, 11) is 0. The monoisotopic (exact) mass is 878 g/mol. The molecule has 0 spiro atoms. The van der Waals surface area contributed by atoms with E-state index >= 15 is 8.78 Å². The number of nitrogens with zero attached hydrogens (tertiary/aromatic N) is 2. The number of hydrogen-bond donors (Lipinski definition) is 0. The Hall–Kier alpha value is -8.60.